The van der Waals surface area contributed by atoms with Crippen LogP contribution in [0.4, 0.5) is 9.18 Å². The number of nitrogens with one attached hydrogen (secondary N) is 1. The van der Waals surface area contributed by atoms with E-state index in [0.29, 0.717) is 43.9 Å². The quantitative estimate of drug-likeness (QED) is 0.712. The zero-order chi connectivity index (χ0) is 22.9. The van der Waals surface area contributed by atoms with Crippen LogP contribution in [0.3, 0.4) is 0 Å². The smallest absolute Gasteiger partial charge is 0.493 e. The van der Waals surface area contributed by atoms with Crippen molar-refractivity contribution < 1.29 is 33.0 Å². The highest BCUT2D eigenvalue weighted by atomic mass is 19.1. The van der Waals surface area contributed by atoms with E-state index >= 15 is 0 Å². The van der Waals surface area contributed by atoms with Gasteiger partial charge in [-0.1, -0.05) is 6.92 Å². The van der Waals surface area contributed by atoms with Crippen LogP contribution < -0.4 is 10.1 Å². The highest BCUT2D eigenvalue weighted by Crippen LogP contribution is 2.21. The van der Waals surface area contributed by atoms with Crippen molar-refractivity contribution in [2.75, 3.05) is 26.3 Å². The Kier molecular flexibility index (Phi) is 8.70. The molecule has 0 aromatic heterocycles. The lowest BCUT2D eigenvalue weighted by Gasteiger charge is -2.23. The van der Waals surface area contributed by atoms with E-state index in [0.717, 1.165) is 19.3 Å². The van der Waals surface area contributed by atoms with Crippen LogP contribution in [0.15, 0.2) is 18.2 Å². The lowest BCUT2D eigenvalue weighted by atomic mass is 10.0. The predicted molar refractivity (Wildman–Crippen MR) is 114 cm³/mol. The molecule has 1 aromatic rings. The van der Waals surface area contributed by atoms with Crippen molar-refractivity contribution in [1.82, 2.24) is 10.2 Å². The number of carbonyl (C=O) groups is 3. The number of fused-ring (bicyclic) bond motifs is 2. The molecular weight excluding hydrogens is 419 g/mol. The number of benzene rings is 1. The molecule has 1 aromatic carbocycles. The van der Waals surface area contributed by atoms with Gasteiger partial charge in [0.2, 0.25) is 11.8 Å². The molecule has 2 heterocycles. The minimum atomic E-state index is -0.794. The van der Waals surface area contributed by atoms with Gasteiger partial charge >= 0.3 is 6.16 Å². The Labute approximate surface area is 187 Å². The molecule has 32 heavy (non-hydrogen) atoms. The summed E-state index contributed by atoms with van der Waals surface area (Å²) in [5, 5.41) is 2.87. The zero-order valence-electron chi connectivity index (χ0n) is 18.4. The van der Waals surface area contributed by atoms with Crippen LogP contribution in [-0.2, 0) is 25.5 Å². The maximum absolute atomic E-state index is 14.2. The van der Waals surface area contributed by atoms with E-state index in [9.17, 15) is 18.8 Å². The molecule has 9 heteroatoms. The number of cyclic esters (lactones) is 2. The number of amides is 2. The second kappa shape index (κ2) is 11.7. The van der Waals surface area contributed by atoms with E-state index in [1.807, 2.05) is 11.8 Å². The molecule has 8 nitrogen and oxygen atoms in total. The Bertz CT molecular complexity index is 818. The molecule has 2 amide bonds. The highest BCUT2D eigenvalue weighted by Gasteiger charge is 2.34. The standard InChI is InChI=1S/C23H31FN2O6/c1-2-8-26-9-3-4-10-30-18-12-16(11-17(24)14-18)13-19(20-15-31-23(29)32-20)25-21(27)6-5-7-22(26)28/h11-12,14,19-20H,2-10,13,15H2,1H3,(H,25,27)/t19-,20+/m0/s1. The lowest BCUT2D eigenvalue weighted by molar-refractivity contribution is -0.131. The monoisotopic (exact) mass is 450 g/mol. The largest absolute Gasteiger partial charge is 0.508 e. The third-order valence-corrected chi connectivity index (χ3v) is 5.53. The molecule has 0 aliphatic carbocycles. The first-order chi connectivity index (χ1) is 15.4. The van der Waals surface area contributed by atoms with Crippen molar-refractivity contribution in [1.29, 1.82) is 0 Å². The predicted octanol–water partition coefficient (Wildman–Crippen LogP) is 2.97. The first-order valence-corrected chi connectivity index (χ1v) is 11.3. The van der Waals surface area contributed by atoms with E-state index < -0.39 is 24.1 Å². The first-order valence-electron chi connectivity index (χ1n) is 11.3. The third kappa shape index (κ3) is 7.10. The van der Waals surface area contributed by atoms with Crippen LogP contribution in [0.5, 0.6) is 5.75 Å². The van der Waals surface area contributed by atoms with Crippen LogP contribution in [0.25, 0.3) is 0 Å². The summed E-state index contributed by atoms with van der Waals surface area (Å²) >= 11 is 0. The fraction of sp³-hybridized carbons (Fsp3) is 0.609. The minimum absolute atomic E-state index is 0.00686. The van der Waals surface area contributed by atoms with Gasteiger partial charge in [-0.2, -0.15) is 0 Å². The summed E-state index contributed by atoms with van der Waals surface area (Å²) < 4.78 is 30.0. The Morgan fingerprint density at radius 3 is 2.69 bits per heavy atom. The summed E-state index contributed by atoms with van der Waals surface area (Å²) in [6.45, 7) is 3.74. The van der Waals surface area contributed by atoms with Gasteiger partial charge in [-0.05, 0) is 49.8 Å². The van der Waals surface area contributed by atoms with E-state index in [-0.39, 0.29) is 31.3 Å². The molecule has 1 fully saturated rings. The van der Waals surface area contributed by atoms with Crippen molar-refractivity contribution in [2.45, 2.75) is 64.0 Å². The first kappa shape index (κ1) is 23.8. The molecule has 2 bridgehead atoms. The Balaban J connectivity index is 1.77. The fourth-order valence-corrected chi connectivity index (χ4v) is 3.95. The molecule has 1 saturated heterocycles. The molecule has 0 unspecified atom stereocenters. The maximum Gasteiger partial charge on any atom is 0.508 e. The third-order valence-electron chi connectivity index (χ3n) is 5.53. The van der Waals surface area contributed by atoms with Crippen molar-refractivity contribution in [3.05, 3.63) is 29.6 Å². The summed E-state index contributed by atoms with van der Waals surface area (Å²) in [6, 6.07) is 3.83. The number of hydrogen-bond donors (Lipinski definition) is 1. The van der Waals surface area contributed by atoms with Gasteiger partial charge in [0, 0.05) is 32.0 Å². The van der Waals surface area contributed by atoms with Gasteiger partial charge in [-0.3, -0.25) is 9.59 Å². The Morgan fingerprint density at radius 1 is 1.09 bits per heavy atom. The number of carbonyl (C=O) groups excluding carboxylic acids is 3. The maximum atomic E-state index is 14.2. The van der Waals surface area contributed by atoms with E-state index in [2.05, 4.69) is 5.32 Å². The molecule has 2 aliphatic heterocycles. The molecule has 0 spiro atoms. The van der Waals surface area contributed by atoms with Gasteiger partial charge in [0.05, 0.1) is 12.6 Å². The van der Waals surface area contributed by atoms with Crippen molar-refractivity contribution in [2.24, 2.45) is 0 Å². The molecule has 3 rings (SSSR count). The van der Waals surface area contributed by atoms with Gasteiger partial charge in [0.25, 0.3) is 0 Å². The average molecular weight is 451 g/mol. The lowest BCUT2D eigenvalue weighted by Crippen LogP contribution is -2.46. The fourth-order valence-electron chi connectivity index (χ4n) is 3.95. The van der Waals surface area contributed by atoms with Gasteiger partial charge < -0.3 is 24.4 Å². The molecule has 0 radical (unpaired) electrons. The summed E-state index contributed by atoms with van der Waals surface area (Å²) in [5.41, 5.74) is 0.613. The van der Waals surface area contributed by atoms with Crippen molar-refractivity contribution >= 4 is 18.0 Å². The normalized spacial score (nSPS) is 23.6. The van der Waals surface area contributed by atoms with Gasteiger partial charge in [0.1, 0.15) is 18.2 Å². The van der Waals surface area contributed by atoms with Gasteiger partial charge in [-0.15, -0.1) is 0 Å². The summed E-state index contributed by atoms with van der Waals surface area (Å²) in [6.07, 6.45) is 2.03. The summed E-state index contributed by atoms with van der Waals surface area (Å²) in [5.74, 6) is -0.270. The highest BCUT2D eigenvalue weighted by molar-refractivity contribution is 5.79. The second-order valence-corrected chi connectivity index (χ2v) is 8.18. The number of ether oxygens (including phenoxy) is 3. The minimum Gasteiger partial charge on any atom is -0.493 e. The molecule has 1 N–H and O–H groups in total. The van der Waals surface area contributed by atoms with Crippen LogP contribution in [0.2, 0.25) is 0 Å². The van der Waals surface area contributed by atoms with Crippen LogP contribution in [0, 0.1) is 5.82 Å². The molecule has 176 valence electrons. The van der Waals surface area contributed by atoms with E-state index in [1.165, 1.54) is 12.1 Å². The van der Waals surface area contributed by atoms with E-state index in [4.69, 9.17) is 14.2 Å². The van der Waals surface area contributed by atoms with Crippen LogP contribution in [0.1, 0.15) is 51.0 Å². The number of nitrogens with zero attached hydrogens (tertiary/aromatic N) is 1. The molecule has 2 atom stereocenters. The zero-order valence-corrected chi connectivity index (χ0v) is 18.4. The topological polar surface area (TPSA) is 94.2 Å². The summed E-state index contributed by atoms with van der Waals surface area (Å²) in [7, 11) is 0. The Hall–Kier alpha value is -2.84. The van der Waals surface area contributed by atoms with Crippen LogP contribution >= 0.6 is 0 Å². The number of hydrogen-bond acceptors (Lipinski definition) is 6. The van der Waals surface area contributed by atoms with E-state index in [1.54, 1.807) is 6.07 Å². The van der Waals surface area contributed by atoms with Gasteiger partial charge in [0.15, 0.2) is 6.10 Å². The molecule has 0 saturated carbocycles. The second-order valence-electron chi connectivity index (χ2n) is 8.18. The Morgan fingerprint density at radius 2 is 1.94 bits per heavy atom. The number of halogens is 1. The van der Waals surface area contributed by atoms with Crippen molar-refractivity contribution in [3.8, 4) is 5.75 Å². The van der Waals surface area contributed by atoms with Crippen molar-refractivity contribution in [3.63, 3.8) is 0 Å². The molecule has 2 aliphatic rings. The van der Waals surface area contributed by atoms with Gasteiger partial charge in [-0.25, -0.2) is 9.18 Å². The average Bonchev–Trinajstić information content (AvgIpc) is 3.17. The molecular formula is C23H31FN2O6. The van der Waals surface area contributed by atoms with Crippen LogP contribution in [-0.4, -0.2) is 61.3 Å². The SMILES string of the molecule is CCCN1CCCCOc2cc(F)cc(c2)C[C@@H]([C@H]2COC(=O)O2)NC(=O)CCCC1=O. The number of rotatable bonds is 3. The summed E-state index contributed by atoms with van der Waals surface area (Å²) in [4.78, 5) is 38.4.